The van der Waals surface area contributed by atoms with Gasteiger partial charge in [-0.3, -0.25) is 9.58 Å². The minimum atomic E-state index is 0.169. The number of nitrogens with two attached hydrogens (primary N) is 1. The molecule has 1 unspecified atom stereocenters. The minimum Gasteiger partial charge on any atom is -0.469 e. The molecule has 0 aliphatic carbocycles. The first kappa shape index (κ1) is 13.8. The molecule has 0 amide bonds. The van der Waals surface area contributed by atoms with E-state index in [2.05, 4.69) is 24.0 Å². The standard InChI is InChI=1S/C14H22N4O/c1-10-13(8-16-18(10)4)14(7-15)17(3)9-12-5-6-19-11(12)2/h5-6,8,14H,7,9,15H2,1-4H3. The largest absolute Gasteiger partial charge is 0.469 e. The molecule has 0 aliphatic rings. The molecular formula is C14H22N4O. The smallest absolute Gasteiger partial charge is 0.105 e. The van der Waals surface area contributed by atoms with Crippen molar-refractivity contribution in [2.45, 2.75) is 26.4 Å². The van der Waals surface area contributed by atoms with E-state index in [0.717, 1.165) is 18.0 Å². The van der Waals surface area contributed by atoms with Crippen LogP contribution in [0.4, 0.5) is 0 Å². The Morgan fingerprint density at radius 1 is 1.47 bits per heavy atom. The Hall–Kier alpha value is -1.59. The summed E-state index contributed by atoms with van der Waals surface area (Å²) in [6.45, 7) is 5.44. The Morgan fingerprint density at radius 2 is 2.21 bits per heavy atom. The number of hydrogen-bond acceptors (Lipinski definition) is 4. The molecule has 104 valence electrons. The van der Waals surface area contributed by atoms with E-state index in [4.69, 9.17) is 10.2 Å². The lowest BCUT2D eigenvalue weighted by molar-refractivity contribution is 0.239. The molecule has 2 aromatic rings. The molecule has 0 aromatic carbocycles. The zero-order chi connectivity index (χ0) is 14.0. The predicted molar refractivity (Wildman–Crippen MR) is 74.7 cm³/mol. The molecule has 0 bridgehead atoms. The van der Waals surface area contributed by atoms with Crippen molar-refractivity contribution in [2.24, 2.45) is 12.8 Å². The van der Waals surface area contributed by atoms with Gasteiger partial charge >= 0.3 is 0 Å². The number of aromatic nitrogens is 2. The van der Waals surface area contributed by atoms with Crippen molar-refractivity contribution in [1.29, 1.82) is 0 Å². The van der Waals surface area contributed by atoms with Crippen LogP contribution in [-0.2, 0) is 13.6 Å². The summed E-state index contributed by atoms with van der Waals surface area (Å²) >= 11 is 0. The zero-order valence-corrected chi connectivity index (χ0v) is 12.1. The van der Waals surface area contributed by atoms with Crippen molar-refractivity contribution in [3.05, 3.63) is 41.1 Å². The van der Waals surface area contributed by atoms with Crippen LogP contribution in [0.5, 0.6) is 0 Å². The van der Waals surface area contributed by atoms with Crippen LogP contribution in [0.15, 0.2) is 22.9 Å². The van der Waals surface area contributed by atoms with Gasteiger partial charge in [0.2, 0.25) is 0 Å². The lowest BCUT2D eigenvalue weighted by atomic mass is 10.1. The van der Waals surface area contributed by atoms with Gasteiger partial charge in [0.15, 0.2) is 0 Å². The first-order valence-electron chi connectivity index (χ1n) is 6.46. The second kappa shape index (κ2) is 5.59. The van der Waals surface area contributed by atoms with E-state index in [0.29, 0.717) is 6.54 Å². The monoisotopic (exact) mass is 262 g/mol. The van der Waals surface area contributed by atoms with E-state index >= 15 is 0 Å². The lowest BCUT2D eigenvalue weighted by Gasteiger charge is -2.26. The van der Waals surface area contributed by atoms with Crippen LogP contribution in [0.25, 0.3) is 0 Å². The van der Waals surface area contributed by atoms with Crippen LogP contribution in [-0.4, -0.2) is 28.3 Å². The van der Waals surface area contributed by atoms with Crippen molar-refractivity contribution in [3.8, 4) is 0 Å². The fraction of sp³-hybridized carbons (Fsp3) is 0.500. The molecule has 0 spiro atoms. The van der Waals surface area contributed by atoms with Gasteiger partial charge in [-0.1, -0.05) is 0 Å². The van der Waals surface area contributed by atoms with Gasteiger partial charge in [-0.25, -0.2) is 0 Å². The number of nitrogens with zero attached hydrogens (tertiary/aromatic N) is 3. The SMILES string of the molecule is Cc1occc1CN(C)C(CN)c1cnn(C)c1C. The molecule has 2 heterocycles. The van der Waals surface area contributed by atoms with E-state index < -0.39 is 0 Å². The van der Waals surface area contributed by atoms with E-state index in [-0.39, 0.29) is 6.04 Å². The summed E-state index contributed by atoms with van der Waals surface area (Å²) in [7, 11) is 4.03. The van der Waals surface area contributed by atoms with E-state index in [1.54, 1.807) is 6.26 Å². The number of furan rings is 1. The molecule has 2 rings (SSSR count). The second-order valence-electron chi connectivity index (χ2n) is 4.98. The summed E-state index contributed by atoms with van der Waals surface area (Å²) in [5, 5.41) is 4.30. The number of rotatable bonds is 5. The lowest BCUT2D eigenvalue weighted by Crippen LogP contribution is -2.30. The van der Waals surface area contributed by atoms with Crippen LogP contribution in [0, 0.1) is 13.8 Å². The molecule has 19 heavy (non-hydrogen) atoms. The highest BCUT2D eigenvalue weighted by Gasteiger charge is 2.20. The molecule has 2 N–H and O–H groups in total. The third-order valence-corrected chi connectivity index (χ3v) is 3.77. The zero-order valence-electron chi connectivity index (χ0n) is 12.1. The molecule has 5 nitrogen and oxygen atoms in total. The highest BCUT2D eigenvalue weighted by atomic mass is 16.3. The Morgan fingerprint density at radius 3 is 2.68 bits per heavy atom. The van der Waals surface area contributed by atoms with Gasteiger partial charge in [0.05, 0.1) is 18.5 Å². The third kappa shape index (κ3) is 2.72. The summed E-state index contributed by atoms with van der Waals surface area (Å²) < 4.78 is 7.22. The van der Waals surface area contributed by atoms with Gasteiger partial charge in [0.25, 0.3) is 0 Å². The maximum atomic E-state index is 5.95. The Labute approximate surface area is 114 Å². The average molecular weight is 262 g/mol. The Kier molecular flexibility index (Phi) is 4.07. The Bertz CT molecular complexity index is 543. The maximum Gasteiger partial charge on any atom is 0.105 e. The van der Waals surface area contributed by atoms with E-state index in [1.165, 1.54) is 11.1 Å². The van der Waals surface area contributed by atoms with Gasteiger partial charge in [-0.05, 0) is 27.0 Å². The van der Waals surface area contributed by atoms with Crippen molar-refractivity contribution < 1.29 is 4.42 Å². The summed E-state index contributed by atoms with van der Waals surface area (Å²) in [6.07, 6.45) is 3.64. The van der Waals surface area contributed by atoms with Gasteiger partial charge in [0, 0.05) is 37.0 Å². The van der Waals surface area contributed by atoms with Crippen molar-refractivity contribution in [3.63, 3.8) is 0 Å². The van der Waals surface area contributed by atoms with Gasteiger partial charge in [-0.2, -0.15) is 5.10 Å². The van der Waals surface area contributed by atoms with Crippen LogP contribution in [0.3, 0.4) is 0 Å². The third-order valence-electron chi connectivity index (χ3n) is 3.77. The fourth-order valence-electron chi connectivity index (χ4n) is 2.34. The number of hydrogen-bond donors (Lipinski definition) is 1. The fourth-order valence-corrected chi connectivity index (χ4v) is 2.34. The Balaban J connectivity index is 2.18. The first-order valence-corrected chi connectivity index (χ1v) is 6.46. The molecule has 2 aromatic heterocycles. The normalized spacial score (nSPS) is 13.2. The average Bonchev–Trinajstić information content (AvgIpc) is 2.91. The summed E-state index contributed by atoms with van der Waals surface area (Å²) in [5.74, 6) is 0.963. The molecule has 1 atom stereocenters. The van der Waals surface area contributed by atoms with Gasteiger partial charge < -0.3 is 10.2 Å². The molecule has 0 radical (unpaired) electrons. The number of aryl methyl sites for hydroxylation is 2. The van der Waals surface area contributed by atoms with E-state index in [9.17, 15) is 0 Å². The van der Waals surface area contributed by atoms with Crippen LogP contribution < -0.4 is 5.73 Å². The predicted octanol–water partition coefficient (Wildman–Crippen LogP) is 1.76. The molecule has 0 fully saturated rings. The van der Waals surface area contributed by atoms with Gasteiger partial charge in [0.1, 0.15) is 5.76 Å². The van der Waals surface area contributed by atoms with Crippen LogP contribution >= 0.6 is 0 Å². The topological polar surface area (TPSA) is 60.2 Å². The molecule has 5 heteroatoms. The minimum absolute atomic E-state index is 0.169. The molecule has 0 aliphatic heterocycles. The van der Waals surface area contributed by atoms with E-state index in [1.807, 2.05) is 30.9 Å². The highest BCUT2D eigenvalue weighted by molar-refractivity contribution is 5.22. The molecular weight excluding hydrogens is 240 g/mol. The van der Waals surface area contributed by atoms with Gasteiger partial charge in [-0.15, -0.1) is 0 Å². The number of likely N-dealkylation sites (N-methyl/N-ethyl adjacent to an activating group) is 1. The maximum absolute atomic E-state index is 5.95. The van der Waals surface area contributed by atoms with Crippen molar-refractivity contribution in [1.82, 2.24) is 14.7 Å². The van der Waals surface area contributed by atoms with Crippen LogP contribution in [0.1, 0.15) is 28.6 Å². The molecule has 0 saturated carbocycles. The van der Waals surface area contributed by atoms with Crippen molar-refractivity contribution >= 4 is 0 Å². The summed E-state index contributed by atoms with van der Waals surface area (Å²) in [6, 6.07) is 2.18. The molecule has 0 saturated heterocycles. The van der Waals surface area contributed by atoms with Crippen LogP contribution in [0.2, 0.25) is 0 Å². The second-order valence-corrected chi connectivity index (χ2v) is 4.98. The van der Waals surface area contributed by atoms with Crippen molar-refractivity contribution in [2.75, 3.05) is 13.6 Å². The summed E-state index contributed by atoms with van der Waals surface area (Å²) in [4.78, 5) is 2.24. The first-order chi connectivity index (χ1) is 9.04. The quantitative estimate of drug-likeness (QED) is 0.892. The summed E-state index contributed by atoms with van der Waals surface area (Å²) in [5.41, 5.74) is 9.49. The highest BCUT2D eigenvalue weighted by Crippen LogP contribution is 2.23.